The summed E-state index contributed by atoms with van der Waals surface area (Å²) in [5, 5.41) is 2.59. The van der Waals surface area contributed by atoms with Crippen LogP contribution in [-0.4, -0.2) is 24.3 Å². The van der Waals surface area contributed by atoms with Gasteiger partial charge in [0.15, 0.2) is 0 Å². The number of aromatic nitrogens is 2. The lowest BCUT2D eigenvalue weighted by Crippen LogP contribution is -2.23. The van der Waals surface area contributed by atoms with Gasteiger partial charge in [0.05, 0.1) is 23.9 Å². The number of hydrogen-bond acceptors (Lipinski definition) is 6. The quantitative estimate of drug-likeness (QED) is 0.694. The highest BCUT2D eigenvalue weighted by molar-refractivity contribution is 7.89. The molecule has 1 amide bonds. The second kappa shape index (κ2) is 7.24. The molecule has 0 radical (unpaired) electrons. The molecule has 3 aromatic rings. The molecule has 0 saturated heterocycles. The molecule has 2 aromatic heterocycles. The molecule has 128 valence electrons. The number of anilines is 1. The molecule has 0 aliphatic heterocycles. The van der Waals surface area contributed by atoms with Crippen molar-refractivity contribution in [2.24, 2.45) is 0 Å². The minimum Gasteiger partial charge on any atom is -0.468 e. The fourth-order valence-electron chi connectivity index (χ4n) is 2.02. The summed E-state index contributed by atoms with van der Waals surface area (Å²) < 4.78 is 32.2. The number of nitrogens with one attached hydrogen (secondary N) is 2. The van der Waals surface area contributed by atoms with Crippen LogP contribution in [-0.2, 0) is 16.6 Å². The highest BCUT2D eigenvalue weighted by Gasteiger charge is 2.16. The topological polar surface area (TPSA) is 114 Å². The van der Waals surface area contributed by atoms with E-state index in [-0.39, 0.29) is 17.1 Å². The van der Waals surface area contributed by atoms with Crippen LogP contribution in [0.25, 0.3) is 0 Å². The summed E-state index contributed by atoms with van der Waals surface area (Å²) in [6, 6.07) is 9.25. The summed E-state index contributed by atoms with van der Waals surface area (Å²) in [7, 11) is -3.75. The van der Waals surface area contributed by atoms with Gasteiger partial charge in [-0.2, -0.15) is 0 Å². The molecule has 0 bridgehead atoms. The Balaban J connectivity index is 1.73. The summed E-state index contributed by atoms with van der Waals surface area (Å²) in [4.78, 5) is 19.8. The zero-order chi connectivity index (χ0) is 17.7. The summed E-state index contributed by atoms with van der Waals surface area (Å²) in [6.07, 6.45) is 5.64. The fourth-order valence-corrected chi connectivity index (χ4v) is 3.05. The van der Waals surface area contributed by atoms with Gasteiger partial charge in [0.1, 0.15) is 11.5 Å². The van der Waals surface area contributed by atoms with Crippen LogP contribution in [0.5, 0.6) is 0 Å². The molecule has 0 aliphatic rings. The zero-order valence-corrected chi connectivity index (χ0v) is 13.7. The molecule has 0 spiro atoms. The first-order chi connectivity index (χ1) is 12.0. The molecule has 25 heavy (non-hydrogen) atoms. The molecule has 2 heterocycles. The largest absolute Gasteiger partial charge is 0.468 e. The van der Waals surface area contributed by atoms with Crippen LogP contribution in [0.2, 0.25) is 0 Å². The number of rotatable bonds is 6. The lowest BCUT2D eigenvalue weighted by atomic mass is 10.3. The smallest absolute Gasteiger partial charge is 0.275 e. The highest BCUT2D eigenvalue weighted by atomic mass is 32.2. The number of nitrogens with zero attached hydrogens (tertiary/aromatic N) is 2. The number of carbonyl (C=O) groups excluding carboxylic acids is 1. The maximum Gasteiger partial charge on any atom is 0.275 e. The first-order valence-electron chi connectivity index (χ1n) is 7.24. The van der Waals surface area contributed by atoms with E-state index in [1.54, 1.807) is 18.2 Å². The van der Waals surface area contributed by atoms with Crippen molar-refractivity contribution in [3.8, 4) is 0 Å². The molecule has 0 atom stereocenters. The van der Waals surface area contributed by atoms with Gasteiger partial charge in [-0.15, -0.1) is 0 Å². The predicted octanol–water partition coefficient (Wildman–Crippen LogP) is 1.80. The Hall–Kier alpha value is -3.04. The molecule has 0 saturated carbocycles. The van der Waals surface area contributed by atoms with Gasteiger partial charge >= 0.3 is 0 Å². The minimum absolute atomic E-state index is 0.0241. The summed E-state index contributed by atoms with van der Waals surface area (Å²) in [5.41, 5.74) is 0.461. The van der Waals surface area contributed by atoms with Crippen molar-refractivity contribution in [1.29, 1.82) is 0 Å². The van der Waals surface area contributed by atoms with Crippen molar-refractivity contribution in [2.45, 2.75) is 11.4 Å². The lowest BCUT2D eigenvalue weighted by molar-refractivity contribution is 0.102. The van der Waals surface area contributed by atoms with Gasteiger partial charge in [-0.05, 0) is 30.3 Å². The van der Waals surface area contributed by atoms with Crippen LogP contribution in [0.15, 0.2) is 70.6 Å². The summed E-state index contributed by atoms with van der Waals surface area (Å²) >= 11 is 0. The summed E-state index contributed by atoms with van der Waals surface area (Å²) in [5.74, 6) is 0.0156. The molecule has 1 aromatic carbocycles. The Morgan fingerprint density at radius 2 is 2.04 bits per heavy atom. The van der Waals surface area contributed by atoms with E-state index in [2.05, 4.69) is 20.0 Å². The van der Waals surface area contributed by atoms with Crippen molar-refractivity contribution in [3.05, 3.63) is 72.7 Å². The molecule has 0 aliphatic carbocycles. The van der Waals surface area contributed by atoms with E-state index in [0.717, 1.165) is 0 Å². The normalized spacial score (nSPS) is 11.2. The maximum absolute atomic E-state index is 12.3. The van der Waals surface area contributed by atoms with Crippen molar-refractivity contribution in [3.63, 3.8) is 0 Å². The molecule has 2 N–H and O–H groups in total. The second-order valence-electron chi connectivity index (χ2n) is 4.98. The third-order valence-corrected chi connectivity index (χ3v) is 4.61. The van der Waals surface area contributed by atoms with Crippen molar-refractivity contribution < 1.29 is 17.6 Å². The van der Waals surface area contributed by atoms with Gasteiger partial charge in [-0.1, -0.05) is 6.07 Å². The lowest BCUT2D eigenvalue weighted by Gasteiger charge is -2.08. The van der Waals surface area contributed by atoms with Crippen LogP contribution >= 0.6 is 0 Å². The minimum atomic E-state index is -3.75. The van der Waals surface area contributed by atoms with Gasteiger partial charge in [0, 0.05) is 18.1 Å². The molecular formula is C16H14N4O4S. The Labute approximate surface area is 144 Å². The van der Waals surface area contributed by atoms with Crippen LogP contribution in [0.1, 0.15) is 16.2 Å². The third-order valence-electron chi connectivity index (χ3n) is 3.21. The van der Waals surface area contributed by atoms with E-state index in [1.165, 1.54) is 43.1 Å². The van der Waals surface area contributed by atoms with E-state index in [1.807, 2.05) is 0 Å². The van der Waals surface area contributed by atoms with E-state index < -0.39 is 15.9 Å². The van der Waals surface area contributed by atoms with Crippen LogP contribution in [0, 0.1) is 0 Å². The molecule has 3 rings (SSSR count). The standard InChI is InChI=1S/C16H14N4O4S/c21-16(15-11-17-6-7-18-15)20-12-3-1-5-14(9-12)25(22,23)19-10-13-4-2-8-24-13/h1-9,11,19H,10H2,(H,20,21). The number of carbonyl (C=O) groups is 1. The van der Waals surface area contributed by atoms with E-state index >= 15 is 0 Å². The van der Waals surface area contributed by atoms with E-state index in [4.69, 9.17) is 4.42 Å². The monoisotopic (exact) mass is 358 g/mol. The van der Waals surface area contributed by atoms with E-state index in [0.29, 0.717) is 11.4 Å². The number of sulfonamides is 1. The number of furan rings is 1. The molecule has 0 fully saturated rings. The number of amides is 1. The Morgan fingerprint density at radius 3 is 2.76 bits per heavy atom. The second-order valence-corrected chi connectivity index (χ2v) is 6.74. The van der Waals surface area contributed by atoms with Gasteiger partial charge in [0.25, 0.3) is 5.91 Å². The molecule has 0 unspecified atom stereocenters. The first-order valence-corrected chi connectivity index (χ1v) is 8.72. The predicted molar refractivity (Wildman–Crippen MR) is 89.2 cm³/mol. The Bertz CT molecular complexity index is 957. The van der Waals surface area contributed by atoms with Crippen molar-refractivity contribution in [2.75, 3.05) is 5.32 Å². The van der Waals surface area contributed by atoms with Crippen molar-refractivity contribution in [1.82, 2.24) is 14.7 Å². The zero-order valence-electron chi connectivity index (χ0n) is 12.9. The van der Waals surface area contributed by atoms with Crippen LogP contribution < -0.4 is 10.0 Å². The average molecular weight is 358 g/mol. The molecular weight excluding hydrogens is 344 g/mol. The van der Waals surface area contributed by atoms with Gasteiger partial charge in [-0.3, -0.25) is 9.78 Å². The van der Waals surface area contributed by atoms with Gasteiger partial charge in [0.2, 0.25) is 10.0 Å². The van der Waals surface area contributed by atoms with E-state index in [9.17, 15) is 13.2 Å². The fraction of sp³-hybridized carbons (Fsp3) is 0.0625. The third kappa shape index (κ3) is 4.28. The maximum atomic E-state index is 12.3. The number of hydrogen-bond donors (Lipinski definition) is 2. The SMILES string of the molecule is O=C(Nc1cccc(S(=O)(=O)NCc2ccco2)c1)c1cnccn1. The first kappa shape index (κ1) is 16.8. The van der Waals surface area contributed by atoms with Crippen LogP contribution in [0.3, 0.4) is 0 Å². The van der Waals surface area contributed by atoms with Crippen LogP contribution in [0.4, 0.5) is 5.69 Å². The Kier molecular flexibility index (Phi) is 4.87. The van der Waals surface area contributed by atoms with Gasteiger partial charge in [-0.25, -0.2) is 18.1 Å². The number of benzene rings is 1. The average Bonchev–Trinajstić information content (AvgIpc) is 3.15. The van der Waals surface area contributed by atoms with Gasteiger partial charge < -0.3 is 9.73 Å². The summed E-state index contributed by atoms with van der Waals surface area (Å²) in [6.45, 7) is 0.0333. The highest BCUT2D eigenvalue weighted by Crippen LogP contribution is 2.16. The van der Waals surface area contributed by atoms with Crippen molar-refractivity contribution >= 4 is 21.6 Å². The molecule has 8 nitrogen and oxygen atoms in total. The Morgan fingerprint density at radius 1 is 1.16 bits per heavy atom. The molecule has 9 heteroatoms.